The van der Waals surface area contributed by atoms with Crippen molar-refractivity contribution in [1.29, 1.82) is 0 Å². The first kappa shape index (κ1) is 13.6. The molecule has 2 aromatic rings. The van der Waals surface area contributed by atoms with Crippen molar-refractivity contribution in [3.8, 4) is 0 Å². The molecule has 102 valence electrons. The number of carbonyl (C=O) groups excluding carboxylic acids is 1. The fraction of sp³-hybridized carbons (Fsp3) is 0.417. The molecule has 1 amide bonds. The molecule has 0 radical (unpaired) electrons. The monoisotopic (exact) mass is 281 g/mol. The molecule has 0 atom stereocenters. The van der Waals surface area contributed by atoms with E-state index in [-0.39, 0.29) is 5.91 Å². The van der Waals surface area contributed by atoms with Crippen LogP contribution in [0.15, 0.2) is 12.4 Å². The minimum Gasteiger partial charge on any atom is -0.336 e. The highest BCUT2D eigenvalue weighted by molar-refractivity contribution is 6.33. The number of H-pyrrole nitrogens is 1. The number of aromatic nitrogens is 4. The molecule has 0 aliphatic carbocycles. The van der Waals surface area contributed by atoms with Crippen molar-refractivity contribution in [1.82, 2.24) is 24.9 Å². The van der Waals surface area contributed by atoms with Crippen molar-refractivity contribution in [3.63, 3.8) is 0 Å². The third-order valence-corrected chi connectivity index (χ3v) is 3.35. The second kappa shape index (κ2) is 5.44. The van der Waals surface area contributed by atoms with Gasteiger partial charge in [-0.1, -0.05) is 11.6 Å². The fourth-order valence-electron chi connectivity index (χ4n) is 1.90. The lowest BCUT2D eigenvalue weighted by Gasteiger charge is -2.16. The number of aryl methyl sites for hydroxylation is 1. The fourth-order valence-corrected chi connectivity index (χ4v) is 2.07. The van der Waals surface area contributed by atoms with Crippen molar-refractivity contribution in [2.24, 2.45) is 0 Å². The topological polar surface area (TPSA) is 66.8 Å². The van der Waals surface area contributed by atoms with Crippen molar-refractivity contribution in [3.05, 3.63) is 34.4 Å². The predicted molar refractivity (Wildman–Crippen MR) is 72.0 cm³/mol. The summed E-state index contributed by atoms with van der Waals surface area (Å²) in [6.45, 7) is 5.33. The smallest absolute Gasteiger partial charge is 0.273 e. The van der Waals surface area contributed by atoms with Gasteiger partial charge in [-0.05, 0) is 13.8 Å². The minimum atomic E-state index is -0.189. The zero-order valence-corrected chi connectivity index (χ0v) is 11.9. The molecule has 2 heterocycles. The zero-order chi connectivity index (χ0) is 14.0. The number of hydrogen-bond donors (Lipinski definition) is 1. The van der Waals surface area contributed by atoms with Gasteiger partial charge in [-0.3, -0.25) is 14.6 Å². The Hall–Kier alpha value is -1.82. The van der Waals surface area contributed by atoms with Gasteiger partial charge < -0.3 is 4.90 Å². The van der Waals surface area contributed by atoms with Gasteiger partial charge in [-0.2, -0.15) is 10.2 Å². The Kier molecular flexibility index (Phi) is 3.90. The zero-order valence-electron chi connectivity index (χ0n) is 11.1. The highest BCUT2D eigenvalue weighted by Crippen LogP contribution is 2.16. The summed E-state index contributed by atoms with van der Waals surface area (Å²) in [4.78, 5) is 13.7. The maximum absolute atomic E-state index is 12.2. The molecule has 0 aromatic carbocycles. The van der Waals surface area contributed by atoms with E-state index in [2.05, 4.69) is 15.3 Å². The molecular weight excluding hydrogens is 266 g/mol. The Morgan fingerprint density at radius 2 is 2.26 bits per heavy atom. The highest BCUT2D eigenvalue weighted by Gasteiger charge is 2.18. The molecule has 19 heavy (non-hydrogen) atoms. The normalized spacial score (nSPS) is 10.7. The van der Waals surface area contributed by atoms with Gasteiger partial charge in [-0.25, -0.2) is 0 Å². The van der Waals surface area contributed by atoms with Crippen LogP contribution in [0.25, 0.3) is 0 Å². The lowest BCUT2D eigenvalue weighted by atomic mass is 10.2. The molecular formula is C12H16ClN5O. The average Bonchev–Trinajstić information content (AvgIpc) is 2.96. The lowest BCUT2D eigenvalue weighted by molar-refractivity contribution is 0.0779. The highest BCUT2D eigenvalue weighted by atomic mass is 35.5. The first-order valence-corrected chi connectivity index (χ1v) is 6.38. The average molecular weight is 282 g/mol. The van der Waals surface area contributed by atoms with Crippen LogP contribution in [-0.4, -0.2) is 37.8 Å². The van der Waals surface area contributed by atoms with Crippen LogP contribution in [-0.2, 0) is 13.1 Å². The van der Waals surface area contributed by atoms with E-state index >= 15 is 0 Å². The maximum atomic E-state index is 12.2. The quantitative estimate of drug-likeness (QED) is 0.930. The van der Waals surface area contributed by atoms with E-state index in [9.17, 15) is 4.79 Å². The van der Waals surface area contributed by atoms with Crippen LogP contribution >= 0.6 is 11.6 Å². The summed E-state index contributed by atoms with van der Waals surface area (Å²) >= 11 is 5.88. The van der Waals surface area contributed by atoms with Gasteiger partial charge in [0.2, 0.25) is 0 Å². The molecule has 0 saturated carbocycles. The van der Waals surface area contributed by atoms with Gasteiger partial charge in [0.15, 0.2) is 0 Å². The molecule has 0 aliphatic rings. The standard InChI is InChI=1S/C12H16ClN5O/c1-4-18-8(2)9(5-15-18)7-17(3)12(19)11-10(13)6-14-16-11/h5-6H,4,7H2,1-3H3,(H,14,16). The molecule has 1 N–H and O–H groups in total. The predicted octanol–water partition coefficient (Wildman–Crippen LogP) is 1.86. The van der Waals surface area contributed by atoms with Crippen LogP contribution in [0, 0.1) is 6.92 Å². The van der Waals surface area contributed by atoms with Crippen molar-refractivity contribution in [2.75, 3.05) is 7.05 Å². The first-order valence-electron chi connectivity index (χ1n) is 6.00. The number of carbonyl (C=O) groups is 1. The summed E-state index contributed by atoms with van der Waals surface area (Å²) in [7, 11) is 1.72. The summed E-state index contributed by atoms with van der Waals surface area (Å²) in [6, 6.07) is 0. The van der Waals surface area contributed by atoms with Crippen molar-refractivity contribution in [2.45, 2.75) is 26.9 Å². The van der Waals surface area contributed by atoms with Crippen molar-refractivity contribution < 1.29 is 4.79 Å². The van der Waals surface area contributed by atoms with Gasteiger partial charge in [0.1, 0.15) is 5.69 Å². The number of halogens is 1. The van der Waals surface area contributed by atoms with Crippen LogP contribution < -0.4 is 0 Å². The number of nitrogens with one attached hydrogen (secondary N) is 1. The molecule has 0 spiro atoms. The van der Waals surface area contributed by atoms with Crippen LogP contribution in [0.4, 0.5) is 0 Å². The Labute approximate surface area is 116 Å². The molecule has 0 bridgehead atoms. The lowest BCUT2D eigenvalue weighted by Crippen LogP contribution is -2.27. The Bertz CT molecular complexity index is 589. The third-order valence-electron chi connectivity index (χ3n) is 3.07. The Morgan fingerprint density at radius 1 is 1.53 bits per heavy atom. The Morgan fingerprint density at radius 3 is 2.79 bits per heavy atom. The van der Waals surface area contributed by atoms with E-state index in [0.29, 0.717) is 17.3 Å². The van der Waals surface area contributed by atoms with E-state index in [0.717, 1.165) is 17.8 Å². The van der Waals surface area contributed by atoms with Crippen LogP contribution in [0.1, 0.15) is 28.7 Å². The van der Waals surface area contributed by atoms with Crippen LogP contribution in [0.5, 0.6) is 0 Å². The van der Waals surface area contributed by atoms with Crippen LogP contribution in [0.2, 0.25) is 5.02 Å². The molecule has 2 aromatic heterocycles. The van der Waals surface area contributed by atoms with E-state index in [1.165, 1.54) is 6.20 Å². The summed E-state index contributed by atoms with van der Waals surface area (Å²) in [5.74, 6) is -0.189. The second-order valence-corrected chi connectivity index (χ2v) is 4.73. The van der Waals surface area contributed by atoms with E-state index in [1.807, 2.05) is 18.5 Å². The van der Waals surface area contributed by atoms with Gasteiger partial charge in [0.25, 0.3) is 5.91 Å². The number of amides is 1. The largest absolute Gasteiger partial charge is 0.336 e. The summed E-state index contributed by atoms with van der Waals surface area (Å²) in [5.41, 5.74) is 2.40. The molecule has 0 aliphatic heterocycles. The van der Waals surface area contributed by atoms with E-state index < -0.39 is 0 Å². The number of aromatic amines is 1. The minimum absolute atomic E-state index is 0.189. The van der Waals surface area contributed by atoms with Gasteiger partial charge in [0, 0.05) is 31.4 Å². The summed E-state index contributed by atoms with van der Waals surface area (Å²) in [6.07, 6.45) is 3.21. The number of hydrogen-bond acceptors (Lipinski definition) is 3. The summed E-state index contributed by atoms with van der Waals surface area (Å²) in [5, 5.41) is 10.9. The molecule has 0 saturated heterocycles. The van der Waals surface area contributed by atoms with Gasteiger partial charge >= 0.3 is 0 Å². The SMILES string of the molecule is CCn1ncc(CN(C)C(=O)c2[nH]ncc2Cl)c1C. The van der Waals surface area contributed by atoms with Gasteiger partial charge in [-0.15, -0.1) is 0 Å². The van der Waals surface area contributed by atoms with Crippen molar-refractivity contribution >= 4 is 17.5 Å². The molecule has 6 nitrogen and oxygen atoms in total. The molecule has 7 heteroatoms. The number of nitrogens with zero attached hydrogens (tertiary/aromatic N) is 4. The molecule has 0 fully saturated rings. The Balaban J connectivity index is 2.13. The molecule has 0 unspecified atom stereocenters. The third kappa shape index (κ3) is 2.63. The van der Waals surface area contributed by atoms with E-state index in [4.69, 9.17) is 11.6 Å². The maximum Gasteiger partial charge on any atom is 0.273 e. The second-order valence-electron chi connectivity index (χ2n) is 4.33. The molecule has 2 rings (SSSR count). The van der Waals surface area contributed by atoms with E-state index in [1.54, 1.807) is 18.1 Å². The van der Waals surface area contributed by atoms with Crippen LogP contribution in [0.3, 0.4) is 0 Å². The summed E-state index contributed by atoms with van der Waals surface area (Å²) < 4.78 is 1.90. The van der Waals surface area contributed by atoms with Gasteiger partial charge in [0.05, 0.1) is 17.4 Å². The first-order chi connectivity index (χ1) is 9.04. The number of rotatable bonds is 4.